The number of amides is 1. The van der Waals surface area contributed by atoms with Gasteiger partial charge in [0.25, 0.3) is 5.76 Å². The average Bonchev–Trinajstić information content (AvgIpc) is 3.00. The lowest BCUT2D eigenvalue weighted by molar-refractivity contribution is -0.117. The molecule has 1 aliphatic rings. The molecule has 132 valence electrons. The Hall–Kier alpha value is -1.92. The molecule has 0 aromatic heterocycles. The molecule has 0 saturated heterocycles. The van der Waals surface area contributed by atoms with Gasteiger partial charge in [0.2, 0.25) is 5.91 Å². The van der Waals surface area contributed by atoms with E-state index in [1.54, 1.807) is 24.3 Å². The Morgan fingerprint density at radius 2 is 1.96 bits per heavy atom. The Morgan fingerprint density at radius 1 is 1.24 bits per heavy atom. The Morgan fingerprint density at radius 3 is 2.68 bits per heavy atom. The molecule has 1 amide bonds. The van der Waals surface area contributed by atoms with Crippen LogP contribution in [0.2, 0.25) is 0 Å². The smallest absolute Gasteiger partial charge is 0.288 e. The van der Waals surface area contributed by atoms with Gasteiger partial charge in [-0.1, -0.05) is 36.0 Å². The van der Waals surface area contributed by atoms with Gasteiger partial charge in [0, 0.05) is 16.6 Å². The first-order valence-corrected chi connectivity index (χ1v) is 9.03. The molecule has 1 aliphatic carbocycles. The molecule has 0 aliphatic heterocycles. The van der Waals surface area contributed by atoms with Crippen molar-refractivity contribution < 1.29 is 13.6 Å². The van der Waals surface area contributed by atoms with Crippen molar-refractivity contribution >= 4 is 23.4 Å². The number of carbonyl (C=O) groups excluding carboxylic acids is 1. The number of thioether (sulfide) groups is 1. The normalized spacial score (nSPS) is 16.3. The van der Waals surface area contributed by atoms with E-state index in [0.29, 0.717) is 22.3 Å². The fraction of sp³-hybridized carbons (Fsp3) is 0.316. The quantitative estimate of drug-likeness (QED) is 0.765. The molecule has 0 radical (unpaired) electrons. The molecule has 0 heterocycles. The minimum absolute atomic E-state index is 0.110. The molecule has 0 bridgehead atoms. The van der Waals surface area contributed by atoms with Crippen molar-refractivity contribution in [1.82, 2.24) is 4.90 Å². The van der Waals surface area contributed by atoms with E-state index in [1.807, 2.05) is 19.2 Å². The van der Waals surface area contributed by atoms with E-state index >= 15 is 0 Å². The van der Waals surface area contributed by atoms with Crippen LogP contribution in [-0.4, -0.2) is 30.2 Å². The predicted molar refractivity (Wildman–Crippen MR) is 97.1 cm³/mol. The summed E-state index contributed by atoms with van der Waals surface area (Å²) in [5, 5.41) is 2.82. The summed E-state index contributed by atoms with van der Waals surface area (Å²) in [6.07, 6.45) is 2.05. The Bertz CT molecular complexity index is 736. The van der Waals surface area contributed by atoms with Crippen molar-refractivity contribution in [3.05, 3.63) is 59.7 Å². The summed E-state index contributed by atoms with van der Waals surface area (Å²) in [6.45, 7) is 0.284. The van der Waals surface area contributed by atoms with Gasteiger partial charge < -0.3 is 5.32 Å². The fourth-order valence-corrected chi connectivity index (χ4v) is 3.75. The third-order valence-corrected chi connectivity index (χ3v) is 5.11. The monoisotopic (exact) mass is 362 g/mol. The van der Waals surface area contributed by atoms with Crippen molar-refractivity contribution in [2.45, 2.75) is 29.5 Å². The highest BCUT2D eigenvalue weighted by Crippen LogP contribution is 2.34. The second-order valence-corrected chi connectivity index (χ2v) is 7.18. The zero-order valence-corrected chi connectivity index (χ0v) is 14.7. The van der Waals surface area contributed by atoms with E-state index in [-0.39, 0.29) is 18.5 Å². The summed E-state index contributed by atoms with van der Waals surface area (Å²) in [7, 11) is 1.95. The Balaban J connectivity index is 1.56. The first-order chi connectivity index (χ1) is 12.0. The number of aryl methyl sites for hydroxylation is 1. The number of anilines is 1. The second kappa shape index (κ2) is 7.97. The molecule has 0 fully saturated rings. The van der Waals surface area contributed by atoms with Crippen LogP contribution in [0, 0.1) is 0 Å². The van der Waals surface area contributed by atoms with E-state index in [9.17, 15) is 13.6 Å². The maximum absolute atomic E-state index is 12.3. The summed E-state index contributed by atoms with van der Waals surface area (Å²) in [4.78, 5) is 14.8. The molecule has 1 atom stereocenters. The number of carbonyl (C=O) groups is 1. The van der Waals surface area contributed by atoms with Crippen LogP contribution in [0.4, 0.5) is 14.5 Å². The number of nitrogens with one attached hydrogen (secondary N) is 1. The summed E-state index contributed by atoms with van der Waals surface area (Å²) >= 11 is 0.493. The van der Waals surface area contributed by atoms with Crippen LogP contribution in [0.1, 0.15) is 23.6 Å². The molecule has 1 unspecified atom stereocenters. The zero-order chi connectivity index (χ0) is 17.8. The number of nitrogens with zero attached hydrogens (tertiary/aromatic N) is 1. The summed E-state index contributed by atoms with van der Waals surface area (Å²) in [6, 6.07) is 15.1. The van der Waals surface area contributed by atoms with Crippen molar-refractivity contribution in [1.29, 1.82) is 0 Å². The molecular weight excluding hydrogens is 342 g/mol. The number of benzene rings is 2. The van der Waals surface area contributed by atoms with Crippen LogP contribution < -0.4 is 5.32 Å². The number of fused-ring (bicyclic) bond motifs is 1. The molecule has 25 heavy (non-hydrogen) atoms. The molecule has 2 aromatic carbocycles. The van der Waals surface area contributed by atoms with Gasteiger partial charge in [-0.25, -0.2) is 0 Å². The lowest BCUT2D eigenvalue weighted by atomic mass is 10.1. The predicted octanol–water partition coefficient (Wildman–Crippen LogP) is 4.56. The van der Waals surface area contributed by atoms with Crippen molar-refractivity contribution in [2.24, 2.45) is 0 Å². The molecule has 6 heteroatoms. The van der Waals surface area contributed by atoms with Gasteiger partial charge in [0.1, 0.15) is 0 Å². The first-order valence-electron chi connectivity index (χ1n) is 8.15. The van der Waals surface area contributed by atoms with Crippen LogP contribution in [-0.2, 0) is 11.2 Å². The van der Waals surface area contributed by atoms with Gasteiger partial charge in [0.05, 0.1) is 6.54 Å². The van der Waals surface area contributed by atoms with Gasteiger partial charge in [-0.2, -0.15) is 8.78 Å². The van der Waals surface area contributed by atoms with Crippen molar-refractivity contribution in [3.8, 4) is 0 Å². The number of alkyl halides is 2. The van der Waals surface area contributed by atoms with Gasteiger partial charge in [-0.3, -0.25) is 9.69 Å². The van der Waals surface area contributed by atoms with Crippen LogP contribution in [0.25, 0.3) is 0 Å². The number of hydrogen-bond acceptors (Lipinski definition) is 3. The Labute approximate surface area is 150 Å². The maximum atomic E-state index is 12.3. The van der Waals surface area contributed by atoms with E-state index in [1.165, 1.54) is 11.1 Å². The minimum Gasteiger partial charge on any atom is -0.325 e. The molecule has 3 rings (SSSR count). The van der Waals surface area contributed by atoms with Crippen molar-refractivity contribution in [3.63, 3.8) is 0 Å². The van der Waals surface area contributed by atoms with Crippen LogP contribution >= 0.6 is 11.8 Å². The average molecular weight is 362 g/mol. The second-order valence-electron chi connectivity index (χ2n) is 6.12. The molecule has 1 N–H and O–H groups in total. The van der Waals surface area contributed by atoms with Crippen LogP contribution in [0.5, 0.6) is 0 Å². The number of hydrogen-bond donors (Lipinski definition) is 1. The van der Waals surface area contributed by atoms with Crippen LogP contribution in [0.15, 0.2) is 53.4 Å². The lowest BCUT2D eigenvalue weighted by Gasteiger charge is -2.24. The Kier molecular flexibility index (Phi) is 5.71. The SMILES string of the molecule is CN(CC(=O)Nc1ccc(SC(F)F)cc1)C1CCc2ccccc21. The molecule has 0 saturated carbocycles. The highest BCUT2D eigenvalue weighted by atomic mass is 32.2. The molecule has 2 aromatic rings. The summed E-state index contributed by atoms with van der Waals surface area (Å²) < 4.78 is 24.6. The zero-order valence-electron chi connectivity index (χ0n) is 13.9. The van der Waals surface area contributed by atoms with E-state index < -0.39 is 5.76 Å². The van der Waals surface area contributed by atoms with Gasteiger partial charge >= 0.3 is 0 Å². The number of likely N-dealkylation sites (N-methyl/N-ethyl adjacent to an activating group) is 1. The minimum atomic E-state index is -2.44. The maximum Gasteiger partial charge on any atom is 0.288 e. The molecule has 3 nitrogen and oxygen atoms in total. The van der Waals surface area contributed by atoms with Gasteiger partial charge in [-0.15, -0.1) is 0 Å². The number of halogens is 2. The molecule has 0 spiro atoms. The fourth-order valence-electron chi connectivity index (χ4n) is 3.25. The lowest BCUT2D eigenvalue weighted by Crippen LogP contribution is -2.32. The third kappa shape index (κ3) is 4.58. The molecular formula is C19H20F2N2OS. The topological polar surface area (TPSA) is 32.3 Å². The van der Waals surface area contributed by atoms with E-state index in [0.717, 1.165) is 12.8 Å². The summed E-state index contributed by atoms with van der Waals surface area (Å²) in [5.41, 5.74) is 3.27. The standard InChI is InChI=1S/C19H20F2N2OS/c1-23(17-11-6-13-4-2-3-5-16(13)17)12-18(24)22-14-7-9-15(10-8-14)25-19(20)21/h2-5,7-10,17,19H,6,11-12H2,1H3,(H,22,24). The highest BCUT2D eigenvalue weighted by Gasteiger charge is 2.26. The highest BCUT2D eigenvalue weighted by molar-refractivity contribution is 7.99. The van der Waals surface area contributed by atoms with E-state index in [2.05, 4.69) is 22.3 Å². The number of rotatable bonds is 6. The first kappa shape index (κ1) is 17.9. The largest absolute Gasteiger partial charge is 0.325 e. The van der Waals surface area contributed by atoms with Crippen LogP contribution in [0.3, 0.4) is 0 Å². The van der Waals surface area contributed by atoms with Gasteiger partial charge in [-0.05, 0) is 55.3 Å². The summed E-state index contributed by atoms with van der Waals surface area (Å²) in [5.74, 6) is -2.55. The van der Waals surface area contributed by atoms with Crippen molar-refractivity contribution in [2.75, 3.05) is 18.9 Å². The third-order valence-electron chi connectivity index (χ3n) is 4.39. The van der Waals surface area contributed by atoms with Gasteiger partial charge in [0.15, 0.2) is 0 Å². The van der Waals surface area contributed by atoms with E-state index in [4.69, 9.17) is 0 Å².